The standard InChI is InChI=1S/C30H34N3O7P/c1-20(2)38-29(35)22(4)32-41(40-25-14-12-24(13-15-25)11-10-23-8-6-5-7-9-23)37-19-26-18-21(3)28(39-26)33-17-16-27(34)31-30(33)36/h5-9,12-17,20-22,26,28,32H,18-19H2,1-4H3,(H,31,34,36)/t21?,22-,26?,28?,41?/m0/s1. The molecule has 0 radical (unpaired) electrons. The second-order valence-electron chi connectivity index (χ2n) is 10.0. The smallest absolute Gasteiger partial charge is 0.330 e. The third-order valence-corrected chi connectivity index (χ3v) is 7.49. The van der Waals surface area contributed by atoms with Gasteiger partial charge in [-0.15, -0.1) is 0 Å². The maximum absolute atomic E-state index is 12.5. The minimum Gasteiger partial charge on any atom is -0.462 e. The lowest BCUT2D eigenvalue weighted by atomic mass is 10.1. The number of nitrogens with one attached hydrogen (secondary N) is 2. The van der Waals surface area contributed by atoms with Gasteiger partial charge >= 0.3 is 20.2 Å². The number of H-pyrrole nitrogens is 1. The number of benzene rings is 2. The summed E-state index contributed by atoms with van der Waals surface area (Å²) in [6.07, 6.45) is 0.916. The molecule has 10 nitrogen and oxygen atoms in total. The summed E-state index contributed by atoms with van der Waals surface area (Å²) >= 11 is 0. The molecule has 1 aromatic heterocycles. The molecule has 1 aliphatic heterocycles. The summed E-state index contributed by atoms with van der Waals surface area (Å²) in [6.45, 7) is 7.37. The van der Waals surface area contributed by atoms with Crippen LogP contribution in [0, 0.1) is 17.8 Å². The number of aromatic amines is 1. The summed E-state index contributed by atoms with van der Waals surface area (Å²) in [7, 11) is -1.78. The molecule has 0 saturated carbocycles. The van der Waals surface area contributed by atoms with Crippen LogP contribution in [0.25, 0.3) is 0 Å². The average molecular weight is 580 g/mol. The Labute approximate surface area is 240 Å². The molecule has 4 unspecified atom stereocenters. The molecule has 2 N–H and O–H groups in total. The van der Waals surface area contributed by atoms with Gasteiger partial charge in [-0.3, -0.25) is 19.1 Å². The first-order chi connectivity index (χ1) is 19.7. The molecule has 41 heavy (non-hydrogen) atoms. The molecule has 1 saturated heterocycles. The van der Waals surface area contributed by atoms with Crippen LogP contribution in [0.1, 0.15) is 51.5 Å². The largest absolute Gasteiger partial charge is 0.462 e. The van der Waals surface area contributed by atoms with E-state index in [4.69, 9.17) is 18.5 Å². The van der Waals surface area contributed by atoms with Gasteiger partial charge in [-0.1, -0.05) is 37.0 Å². The van der Waals surface area contributed by atoms with Gasteiger partial charge in [0.1, 0.15) is 18.0 Å². The van der Waals surface area contributed by atoms with E-state index in [0.29, 0.717) is 12.2 Å². The van der Waals surface area contributed by atoms with Crippen LogP contribution < -0.4 is 20.9 Å². The second-order valence-corrected chi connectivity index (χ2v) is 11.2. The van der Waals surface area contributed by atoms with Crippen molar-refractivity contribution in [1.29, 1.82) is 0 Å². The van der Waals surface area contributed by atoms with E-state index in [9.17, 15) is 14.4 Å². The first-order valence-corrected chi connectivity index (χ1v) is 14.6. The number of carbonyl (C=O) groups is 1. The van der Waals surface area contributed by atoms with E-state index in [1.165, 1.54) is 16.8 Å². The predicted molar refractivity (Wildman–Crippen MR) is 155 cm³/mol. The van der Waals surface area contributed by atoms with Gasteiger partial charge in [-0.25, -0.2) is 9.88 Å². The molecule has 3 aromatic rings. The van der Waals surface area contributed by atoms with E-state index in [0.717, 1.165) is 11.1 Å². The molecule has 216 valence electrons. The molecule has 1 fully saturated rings. The van der Waals surface area contributed by atoms with Crippen LogP contribution in [0.2, 0.25) is 0 Å². The van der Waals surface area contributed by atoms with Crippen molar-refractivity contribution in [2.75, 3.05) is 6.61 Å². The van der Waals surface area contributed by atoms with Crippen LogP contribution in [0.4, 0.5) is 0 Å². The van der Waals surface area contributed by atoms with Gasteiger partial charge < -0.3 is 18.5 Å². The number of ether oxygens (including phenoxy) is 2. The first kappa shape index (κ1) is 30.2. The molecule has 0 amide bonds. The van der Waals surface area contributed by atoms with Crippen molar-refractivity contribution in [3.05, 3.63) is 98.8 Å². The highest BCUT2D eigenvalue weighted by Crippen LogP contribution is 2.39. The molecular formula is C30H34N3O7P. The van der Waals surface area contributed by atoms with Crippen LogP contribution >= 0.6 is 8.53 Å². The molecular weight excluding hydrogens is 545 g/mol. The summed E-state index contributed by atoms with van der Waals surface area (Å²) in [5.41, 5.74) is 0.752. The third kappa shape index (κ3) is 8.87. The zero-order valence-electron chi connectivity index (χ0n) is 23.4. The summed E-state index contributed by atoms with van der Waals surface area (Å²) < 4.78 is 25.0. The molecule has 5 atom stereocenters. The van der Waals surface area contributed by atoms with Crippen LogP contribution in [-0.4, -0.2) is 40.4 Å². The van der Waals surface area contributed by atoms with E-state index in [1.807, 2.05) is 49.4 Å². The highest BCUT2D eigenvalue weighted by atomic mass is 31.2. The lowest BCUT2D eigenvalue weighted by Gasteiger charge is -2.23. The molecule has 2 aromatic carbocycles. The Hall–Kier alpha value is -3.74. The Bertz CT molecular complexity index is 1480. The molecule has 4 rings (SSSR count). The second kappa shape index (κ2) is 14.2. The van der Waals surface area contributed by atoms with E-state index in [-0.39, 0.29) is 24.7 Å². The van der Waals surface area contributed by atoms with E-state index >= 15 is 0 Å². The van der Waals surface area contributed by atoms with Crippen molar-refractivity contribution in [3.63, 3.8) is 0 Å². The topological polar surface area (TPSA) is 121 Å². The number of rotatable bonds is 10. The highest BCUT2D eigenvalue weighted by Gasteiger charge is 2.35. The molecule has 11 heteroatoms. The lowest BCUT2D eigenvalue weighted by Crippen LogP contribution is -2.35. The summed E-state index contributed by atoms with van der Waals surface area (Å²) in [4.78, 5) is 38.4. The van der Waals surface area contributed by atoms with Crippen LogP contribution in [0.15, 0.2) is 76.4 Å². The maximum Gasteiger partial charge on any atom is 0.330 e. The quantitative estimate of drug-likeness (QED) is 0.209. The van der Waals surface area contributed by atoms with Crippen molar-refractivity contribution < 1.29 is 23.3 Å². The molecule has 0 spiro atoms. The van der Waals surface area contributed by atoms with Crippen LogP contribution in [0.5, 0.6) is 5.75 Å². The Morgan fingerprint density at radius 1 is 1.07 bits per heavy atom. The van der Waals surface area contributed by atoms with Gasteiger partial charge in [0.25, 0.3) is 5.56 Å². The number of hydrogen-bond donors (Lipinski definition) is 2. The van der Waals surface area contributed by atoms with Gasteiger partial charge in [0.15, 0.2) is 0 Å². The normalized spacial score (nSPS) is 19.7. The average Bonchev–Trinajstić information content (AvgIpc) is 3.31. The molecule has 0 bridgehead atoms. The van der Waals surface area contributed by atoms with Crippen LogP contribution in [-0.2, 0) is 18.8 Å². The monoisotopic (exact) mass is 579 g/mol. The fourth-order valence-electron chi connectivity index (χ4n) is 4.14. The fraction of sp³-hybridized carbons (Fsp3) is 0.367. The van der Waals surface area contributed by atoms with Crippen molar-refractivity contribution in [3.8, 4) is 17.6 Å². The number of aromatic nitrogens is 2. The van der Waals surface area contributed by atoms with Gasteiger partial charge in [-0.05, 0) is 63.6 Å². The van der Waals surface area contributed by atoms with E-state index < -0.39 is 38.0 Å². The first-order valence-electron chi connectivity index (χ1n) is 13.4. The van der Waals surface area contributed by atoms with Gasteiger partial charge in [-0.2, -0.15) is 0 Å². The SMILES string of the molecule is CC(C)OC(=O)[C@H](C)NP(OCC1CC(C)C(n2ccc(=O)[nH]c2=O)O1)Oc1ccc(C#Cc2ccccc2)cc1. The van der Waals surface area contributed by atoms with E-state index in [1.54, 1.807) is 32.9 Å². The van der Waals surface area contributed by atoms with Gasteiger partial charge in [0.2, 0.25) is 0 Å². The summed E-state index contributed by atoms with van der Waals surface area (Å²) in [5.74, 6) is 6.37. The fourth-order valence-corrected chi connectivity index (χ4v) is 5.36. The number of carbonyl (C=O) groups excluding carboxylic acids is 1. The Morgan fingerprint density at radius 3 is 2.41 bits per heavy atom. The minimum absolute atomic E-state index is 0.00297. The maximum atomic E-state index is 12.5. The minimum atomic E-state index is -1.78. The number of hydrogen-bond acceptors (Lipinski definition) is 8. The summed E-state index contributed by atoms with van der Waals surface area (Å²) in [6, 6.07) is 17.6. The highest BCUT2D eigenvalue weighted by molar-refractivity contribution is 7.45. The zero-order chi connectivity index (χ0) is 29.4. The molecule has 0 aliphatic carbocycles. The van der Waals surface area contributed by atoms with Gasteiger partial charge in [0.05, 0.1) is 18.8 Å². The molecule has 2 heterocycles. The van der Waals surface area contributed by atoms with Crippen molar-refractivity contribution in [1.82, 2.24) is 14.6 Å². The van der Waals surface area contributed by atoms with Crippen LogP contribution in [0.3, 0.4) is 0 Å². The van der Waals surface area contributed by atoms with E-state index in [2.05, 4.69) is 21.9 Å². The molecule has 1 aliphatic rings. The zero-order valence-corrected chi connectivity index (χ0v) is 24.3. The Morgan fingerprint density at radius 2 is 1.76 bits per heavy atom. The Balaban J connectivity index is 1.42. The summed E-state index contributed by atoms with van der Waals surface area (Å²) in [5, 5.41) is 3.09. The van der Waals surface area contributed by atoms with Crippen molar-refractivity contribution >= 4 is 14.5 Å². The Kier molecular flexibility index (Phi) is 10.5. The number of esters is 1. The number of nitrogens with zero attached hydrogens (tertiary/aromatic N) is 1. The van der Waals surface area contributed by atoms with Gasteiger partial charge in [0, 0.05) is 29.3 Å². The predicted octanol–water partition coefficient (Wildman–Crippen LogP) is 4.11. The third-order valence-electron chi connectivity index (χ3n) is 6.13. The van der Waals surface area contributed by atoms with Crippen molar-refractivity contribution in [2.24, 2.45) is 5.92 Å². The van der Waals surface area contributed by atoms with Crippen molar-refractivity contribution in [2.45, 2.75) is 58.6 Å². The lowest BCUT2D eigenvalue weighted by molar-refractivity contribution is -0.149.